The number of ether oxygens (including phenoxy) is 2. The van der Waals surface area contributed by atoms with E-state index >= 15 is 0 Å². The fourth-order valence-electron chi connectivity index (χ4n) is 3.58. The first-order valence-electron chi connectivity index (χ1n) is 11.6. The van der Waals surface area contributed by atoms with Crippen LogP contribution in [0.15, 0.2) is 46.7 Å². The fraction of sp³-hybridized carbons (Fsp3) is 0.280. The predicted octanol–water partition coefficient (Wildman–Crippen LogP) is 2.72. The van der Waals surface area contributed by atoms with Gasteiger partial charge >= 0.3 is 0 Å². The smallest absolute Gasteiger partial charge is 0.280 e. The molecule has 1 unspecified atom stereocenters. The molecule has 4 heterocycles. The number of nitrogens with one attached hydrogen (secondary N) is 2. The highest BCUT2D eigenvalue weighted by Crippen LogP contribution is 2.35. The van der Waals surface area contributed by atoms with Gasteiger partial charge in [-0.15, -0.1) is 0 Å². The van der Waals surface area contributed by atoms with Gasteiger partial charge < -0.3 is 14.8 Å². The van der Waals surface area contributed by atoms with E-state index in [4.69, 9.17) is 9.47 Å². The Kier molecular flexibility index (Phi) is 7.42. The molecule has 1 saturated carbocycles. The molecule has 0 aromatic carbocycles. The molecule has 0 radical (unpaired) electrons. The molecule has 1 aliphatic heterocycles. The van der Waals surface area contributed by atoms with Crippen LogP contribution in [0, 0.1) is 17.8 Å². The van der Waals surface area contributed by atoms with E-state index in [1.165, 1.54) is 50.5 Å². The maximum atomic E-state index is 13.6. The first-order valence-corrected chi connectivity index (χ1v) is 12.5. The number of carbonyl (C=O) groups excluding carboxylic acids is 1. The molecule has 0 bridgehead atoms. The molecule has 3 aromatic rings. The molecule has 39 heavy (non-hydrogen) atoms. The number of halogens is 2. The lowest BCUT2D eigenvalue weighted by molar-refractivity contribution is 0.0946. The van der Waals surface area contributed by atoms with Crippen molar-refractivity contribution in [2.24, 2.45) is 11.0 Å². The number of amides is 1. The third-order valence-corrected chi connectivity index (χ3v) is 6.60. The Labute approximate surface area is 225 Å². The second kappa shape index (κ2) is 11.1. The number of thioether (sulfide) groups is 1. The van der Waals surface area contributed by atoms with Crippen LogP contribution in [0.3, 0.4) is 0 Å². The zero-order valence-electron chi connectivity index (χ0n) is 20.6. The van der Waals surface area contributed by atoms with Gasteiger partial charge in [-0.05, 0) is 42.7 Å². The van der Waals surface area contributed by atoms with Gasteiger partial charge in [0.25, 0.3) is 17.9 Å². The molecule has 11 nitrogen and oxygen atoms in total. The second-order valence-corrected chi connectivity index (χ2v) is 9.50. The van der Waals surface area contributed by atoms with Crippen molar-refractivity contribution in [2.75, 3.05) is 14.2 Å². The first kappa shape index (κ1) is 26.1. The van der Waals surface area contributed by atoms with Gasteiger partial charge in [0.15, 0.2) is 16.4 Å². The summed E-state index contributed by atoms with van der Waals surface area (Å²) in [5.41, 5.74) is 1.47. The van der Waals surface area contributed by atoms with E-state index in [9.17, 15) is 18.4 Å². The molecule has 2 N–H and O–H groups in total. The molecule has 200 valence electrons. The van der Waals surface area contributed by atoms with E-state index in [0.29, 0.717) is 11.0 Å². The molecule has 2 aliphatic rings. The quantitative estimate of drug-likeness (QED) is 0.424. The van der Waals surface area contributed by atoms with Crippen molar-refractivity contribution in [3.8, 4) is 40.3 Å². The van der Waals surface area contributed by atoms with Crippen molar-refractivity contribution >= 4 is 22.7 Å². The van der Waals surface area contributed by atoms with Crippen LogP contribution < -0.4 is 25.8 Å². The Morgan fingerprint density at radius 1 is 1.15 bits per heavy atom. The summed E-state index contributed by atoms with van der Waals surface area (Å²) in [6.07, 6.45) is 2.98. The zero-order chi connectivity index (χ0) is 27.5. The van der Waals surface area contributed by atoms with Gasteiger partial charge in [0.2, 0.25) is 0 Å². The van der Waals surface area contributed by atoms with Gasteiger partial charge in [-0.3, -0.25) is 20.0 Å². The van der Waals surface area contributed by atoms with Gasteiger partial charge in [-0.2, -0.15) is 14.9 Å². The fourth-order valence-corrected chi connectivity index (χ4v) is 4.30. The molecule has 1 atom stereocenters. The molecule has 1 amide bonds. The molecule has 5 rings (SSSR count). The average molecular weight is 554 g/mol. The van der Waals surface area contributed by atoms with Crippen LogP contribution in [0.4, 0.5) is 8.78 Å². The Morgan fingerprint density at radius 3 is 2.67 bits per heavy atom. The molecule has 14 heteroatoms. The van der Waals surface area contributed by atoms with Gasteiger partial charge in [0.05, 0.1) is 32.2 Å². The lowest BCUT2D eigenvalue weighted by Crippen LogP contribution is -2.39. The molecule has 1 aliphatic carbocycles. The highest BCUT2D eigenvalue weighted by Gasteiger charge is 2.26. The molecular weight excluding hydrogens is 532 g/mol. The van der Waals surface area contributed by atoms with E-state index in [1.807, 2.05) is 0 Å². The highest BCUT2D eigenvalue weighted by atomic mass is 32.2. The minimum Gasteiger partial charge on any atom is -0.495 e. The Hall–Kier alpha value is -4.51. The topological polar surface area (TPSA) is 133 Å². The highest BCUT2D eigenvalue weighted by molar-refractivity contribution is 8.15. The standard InChI is InChI=1S/C25H21F2N7O4S/c1-37-14-7-22(35)34(30-10-14)20-9-15(16-8-18(23(26)27)28-12-19(16)38-2)17(11-29-20)24(36)31-25-33-32-21(39-25)6-5-13-3-4-13/h7-13,23,25,33H,3-4H2,1-2H3,(H,31,36). The van der Waals surface area contributed by atoms with Crippen molar-refractivity contribution in [1.82, 2.24) is 30.5 Å². The van der Waals surface area contributed by atoms with E-state index in [-0.39, 0.29) is 34.0 Å². The number of rotatable bonds is 7. The maximum Gasteiger partial charge on any atom is 0.280 e. The number of aromatic nitrogens is 4. The van der Waals surface area contributed by atoms with Crippen molar-refractivity contribution in [1.29, 1.82) is 0 Å². The van der Waals surface area contributed by atoms with Crippen LogP contribution in [0.1, 0.15) is 35.3 Å². The summed E-state index contributed by atoms with van der Waals surface area (Å²) in [5, 5.41) is 11.5. The van der Waals surface area contributed by atoms with E-state index < -0.39 is 29.1 Å². The number of hydrazone groups is 1. The normalized spacial score (nSPS) is 16.1. The second-order valence-electron chi connectivity index (χ2n) is 8.40. The largest absolute Gasteiger partial charge is 0.495 e. The molecule has 0 spiro atoms. The summed E-state index contributed by atoms with van der Waals surface area (Å²) < 4.78 is 38.5. The van der Waals surface area contributed by atoms with Crippen molar-refractivity contribution in [3.05, 3.63) is 58.4 Å². The number of methoxy groups -OCH3 is 2. The van der Waals surface area contributed by atoms with Crippen LogP contribution in [-0.2, 0) is 0 Å². The van der Waals surface area contributed by atoms with Crippen LogP contribution in [0.5, 0.6) is 11.5 Å². The minimum absolute atomic E-state index is 0.0324. The van der Waals surface area contributed by atoms with Gasteiger partial charge in [-0.25, -0.2) is 13.8 Å². The summed E-state index contributed by atoms with van der Waals surface area (Å²) >= 11 is 1.24. The van der Waals surface area contributed by atoms with Crippen LogP contribution in [0.25, 0.3) is 16.9 Å². The zero-order valence-corrected chi connectivity index (χ0v) is 21.5. The lowest BCUT2D eigenvalue weighted by Gasteiger charge is -2.17. The maximum absolute atomic E-state index is 13.6. The summed E-state index contributed by atoms with van der Waals surface area (Å²) in [7, 11) is 2.74. The Morgan fingerprint density at radius 2 is 1.97 bits per heavy atom. The molecule has 0 saturated heterocycles. The predicted molar refractivity (Wildman–Crippen MR) is 139 cm³/mol. The molecule has 1 fully saturated rings. The lowest BCUT2D eigenvalue weighted by atomic mass is 10.00. The van der Waals surface area contributed by atoms with Gasteiger partial charge in [-0.1, -0.05) is 5.92 Å². The number of hydrogen-bond acceptors (Lipinski definition) is 10. The Bertz CT molecular complexity index is 1580. The summed E-state index contributed by atoms with van der Waals surface area (Å²) in [6, 6.07) is 3.73. The van der Waals surface area contributed by atoms with E-state index in [2.05, 4.69) is 42.8 Å². The number of hydrogen-bond donors (Lipinski definition) is 2. The molecular formula is C25H21F2N7O4S. The van der Waals surface area contributed by atoms with Crippen molar-refractivity contribution in [2.45, 2.75) is 24.8 Å². The monoisotopic (exact) mass is 553 g/mol. The third kappa shape index (κ3) is 5.83. The minimum atomic E-state index is -2.87. The summed E-state index contributed by atoms with van der Waals surface area (Å²) in [4.78, 5) is 34.0. The first-order chi connectivity index (χ1) is 18.9. The van der Waals surface area contributed by atoms with E-state index in [1.54, 1.807) is 0 Å². The van der Waals surface area contributed by atoms with Crippen LogP contribution in [-0.4, -0.2) is 50.4 Å². The van der Waals surface area contributed by atoms with E-state index in [0.717, 1.165) is 29.8 Å². The third-order valence-electron chi connectivity index (χ3n) is 5.72. The molecule has 3 aromatic heterocycles. The van der Waals surface area contributed by atoms with Crippen molar-refractivity contribution in [3.63, 3.8) is 0 Å². The Balaban J connectivity index is 1.52. The number of nitrogens with zero attached hydrogens (tertiary/aromatic N) is 5. The van der Waals surface area contributed by atoms with Gasteiger partial charge in [0.1, 0.15) is 17.2 Å². The number of pyridine rings is 2. The van der Waals surface area contributed by atoms with Crippen LogP contribution >= 0.6 is 11.8 Å². The van der Waals surface area contributed by atoms with Gasteiger partial charge in [0, 0.05) is 29.3 Å². The number of carbonyl (C=O) groups is 1. The SMILES string of the molecule is COc1cnn(-c2cc(-c3cc(C(F)F)ncc3OC)c(C(=O)NC3NN=C(C#CC4CC4)S3)cn2)c(=O)c1. The summed E-state index contributed by atoms with van der Waals surface area (Å²) in [6.45, 7) is 0. The average Bonchev–Trinajstić information content (AvgIpc) is 3.68. The van der Waals surface area contributed by atoms with Crippen molar-refractivity contribution < 1.29 is 23.0 Å². The number of alkyl halides is 2. The summed E-state index contributed by atoms with van der Waals surface area (Å²) in [5.74, 6) is 6.34. The van der Waals surface area contributed by atoms with Crippen LogP contribution in [0.2, 0.25) is 0 Å².